The van der Waals surface area contributed by atoms with Crippen LogP contribution in [-0.4, -0.2) is 57.7 Å². The molecule has 9 heteroatoms. The third-order valence-electron chi connectivity index (χ3n) is 6.64. The molecule has 0 spiro atoms. The third kappa shape index (κ3) is 5.72. The minimum atomic E-state index is -0.379. The number of hydrogen-bond donors (Lipinski definition) is 0. The zero-order chi connectivity index (χ0) is 25.8. The molecule has 2 aliphatic rings. The lowest BCUT2D eigenvalue weighted by atomic mass is 10.1. The van der Waals surface area contributed by atoms with Crippen molar-refractivity contribution in [1.29, 1.82) is 0 Å². The first kappa shape index (κ1) is 25.1. The monoisotopic (exact) mass is 521 g/mol. The summed E-state index contributed by atoms with van der Waals surface area (Å²) in [7, 11) is 0. The molecule has 0 bridgehead atoms. The van der Waals surface area contributed by atoms with Gasteiger partial charge in [0.05, 0.1) is 11.4 Å². The van der Waals surface area contributed by atoms with Crippen molar-refractivity contribution in [1.82, 2.24) is 14.4 Å². The summed E-state index contributed by atoms with van der Waals surface area (Å²) in [4.78, 5) is 42.0. The number of thioether (sulfide) groups is 1. The Kier molecular flexibility index (Phi) is 7.60. The van der Waals surface area contributed by atoms with E-state index in [2.05, 4.69) is 0 Å². The van der Waals surface area contributed by atoms with Crippen molar-refractivity contribution in [3.63, 3.8) is 0 Å². The van der Waals surface area contributed by atoms with E-state index in [0.717, 1.165) is 71.9 Å². The standard InChI is InChI=1S/C28H28FN3O4S/c29-21-9-11-22(12-10-21)36-16-15-32-27(34)25(37-28(32)35)17-20-18-31(24-8-4-3-7-23(20)24)19-26(33)30-13-5-1-2-6-14-30/h3-4,7-12,17-18H,1-2,5-6,13-16,19H2/b25-17-. The van der Waals surface area contributed by atoms with Crippen LogP contribution >= 0.6 is 11.8 Å². The highest BCUT2D eigenvalue weighted by Crippen LogP contribution is 2.34. The summed E-state index contributed by atoms with van der Waals surface area (Å²) >= 11 is 0.891. The van der Waals surface area contributed by atoms with Crippen LogP contribution in [0.5, 0.6) is 5.75 Å². The van der Waals surface area contributed by atoms with E-state index in [4.69, 9.17) is 4.74 Å². The molecule has 192 valence electrons. The van der Waals surface area contributed by atoms with Gasteiger partial charge in [0.15, 0.2) is 0 Å². The maximum atomic E-state index is 13.1. The van der Waals surface area contributed by atoms with Crippen LogP contribution in [0.1, 0.15) is 31.2 Å². The van der Waals surface area contributed by atoms with E-state index < -0.39 is 0 Å². The van der Waals surface area contributed by atoms with Crippen molar-refractivity contribution < 1.29 is 23.5 Å². The van der Waals surface area contributed by atoms with Crippen LogP contribution in [0.15, 0.2) is 59.6 Å². The van der Waals surface area contributed by atoms with Gasteiger partial charge < -0.3 is 14.2 Å². The second-order valence-electron chi connectivity index (χ2n) is 9.16. The fraction of sp³-hybridized carbons (Fsp3) is 0.321. The number of imide groups is 1. The molecular weight excluding hydrogens is 493 g/mol. The summed E-state index contributed by atoms with van der Waals surface area (Å²) in [5, 5.41) is 0.552. The zero-order valence-corrected chi connectivity index (χ0v) is 21.2. The second-order valence-corrected chi connectivity index (χ2v) is 10.2. The van der Waals surface area contributed by atoms with E-state index in [1.54, 1.807) is 6.08 Å². The molecule has 0 N–H and O–H groups in total. The van der Waals surface area contributed by atoms with Crippen molar-refractivity contribution in [3.8, 4) is 5.75 Å². The first-order valence-electron chi connectivity index (χ1n) is 12.5. The Bertz CT molecular complexity index is 1340. The lowest BCUT2D eigenvalue weighted by Crippen LogP contribution is -2.34. The van der Waals surface area contributed by atoms with Gasteiger partial charge in [0.2, 0.25) is 5.91 Å². The quantitative estimate of drug-likeness (QED) is 0.395. The number of halogens is 1. The van der Waals surface area contributed by atoms with Gasteiger partial charge >= 0.3 is 0 Å². The Hall–Kier alpha value is -3.59. The van der Waals surface area contributed by atoms with Gasteiger partial charge in [0.25, 0.3) is 11.1 Å². The number of fused-ring (bicyclic) bond motifs is 1. The molecular formula is C28H28FN3O4S. The number of para-hydroxylation sites is 1. The molecule has 2 aliphatic heterocycles. The van der Waals surface area contributed by atoms with E-state index in [-0.39, 0.29) is 42.6 Å². The zero-order valence-electron chi connectivity index (χ0n) is 20.4. The Morgan fingerprint density at radius 1 is 1.00 bits per heavy atom. The molecule has 3 aromatic rings. The van der Waals surface area contributed by atoms with Gasteiger partial charge in [-0.25, -0.2) is 4.39 Å². The SMILES string of the molecule is O=C(Cn1cc(/C=C2\SC(=O)N(CCOc3ccc(F)cc3)C2=O)c2ccccc21)N1CCCCCC1. The van der Waals surface area contributed by atoms with Crippen molar-refractivity contribution in [2.24, 2.45) is 0 Å². The van der Waals surface area contributed by atoms with Crippen LogP contribution in [-0.2, 0) is 16.1 Å². The molecule has 0 radical (unpaired) electrons. The number of likely N-dealkylation sites (tertiary alicyclic amines) is 1. The fourth-order valence-corrected chi connectivity index (χ4v) is 5.56. The normalized spacial score (nSPS) is 17.6. The molecule has 37 heavy (non-hydrogen) atoms. The van der Waals surface area contributed by atoms with E-state index in [9.17, 15) is 18.8 Å². The average molecular weight is 522 g/mol. The molecule has 3 heterocycles. The molecule has 0 aliphatic carbocycles. The molecule has 7 nitrogen and oxygen atoms in total. The van der Waals surface area contributed by atoms with E-state index in [0.29, 0.717) is 10.7 Å². The minimum absolute atomic E-state index is 0.0888. The van der Waals surface area contributed by atoms with E-state index in [1.165, 1.54) is 24.3 Å². The number of amides is 3. The highest BCUT2D eigenvalue weighted by Gasteiger charge is 2.35. The second kappa shape index (κ2) is 11.2. The Morgan fingerprint density at radius 3 is 2.49 bits per heavy atom. The predicted molar refractivity (Wildman–Crippen MR) is 142 cm³/mol. The summed E-state index contributed by atoms with van der Waals surface area (Å²) in [6, 6.07) is 13.3. The number of hydrogen-bond acceptors (Lipinski definition) is 5. The number of aromatic nitrogens is 1. The first-order valence-corrected chi connectivity index (χ1v) is 13.3. The highest BCUT2D eigenvalue weighted by molar-refractivity contribution is 8.18. The number of nitrogens with zero attached hydrogens (tertiary/aromatic N) is 3. The number of rotatable bonds is 7. The van der Waals surface area contributed by atoms with Gasteiger partial charge in [-0.1, -0.05) is 31.0 Å². The predicted octanol–water partition coefficient (Wildman–Crippen LogP) is 5.30. The van der Waals surface area contributed by atoms with Gasteiger partial charge in [-0.3, -0.25) is 19.3 Å². The number of carbonyl (C=O) groups excluding carboxylic acids is 3. The molecule has 2 aromatic carbocycles. The lowest BCUT2D eigenvalue weighted by molar-refractivity contribution is -0.131. The lowest BCUT2D eigenvalue weighted by Gasteiger charge is -2.20. The summed E-state index contributed by atoms with van der Waals surface area (Å²) in [6.07, 6.45) is 8.00. The van der Waals surface area contributed by atoms with E-state index in [1.807, 2.05) is 39.9 Å². The molecule has 0 unspecified atom stereocenters. The average Bonchev–Trinajstić information content (AvgIpc) is 3.20. The Labute approximate surface area is 218 Å². The van der Waals surface area contributed by atoms with Crippen molar-refractivity contribution in [2.45, 2.75) is 32.2 Å². The summed E-state index contributed by atoms with van der Waals surface area (Å²) in [5.41, 5.74) is 1.69. The van der Waals surface area contributed by atoms with Crippen LogP contribution in [0.25, 0.3) is 17.0 Å². The first-order chi connectivity index (χ1) is 18.0. The maximum absolute atomic E-state index is 13.1. The van der Waals surface area contributed by atoms with Gasteiger partial charge in [-0.05, 0) is 61.0 Å². The molecule has 2 fully saturated rings. The smallest absolute Gasteiger partial charge is 0.293 e. The third-order valence-corrected chi connectivity index (χ3v) is 7.55. The van der Waals surface area contributed by atoms with Gasteiger partial charge in [0.1, 0.15) is 24.7 Å². The van der Waals surface area contributed by atoms with Crippen molar-refractivity contribution in [3.05, 3.63) is 71.0 Å². The topological polar surface area (TPSA) is 71.9 Å². The molecule has 5 rings (SSSR count). The molecule has 2 saturated heterocycles. The minimum Gasteiger partial charge on any atom is -0.492 e. The fourth-order valence-electron chi connectivity index (χ4n) is 4.71. The summed E-state index contributed by atoms with van der Waals surface area (Å²) in [6.45, 7) is 2.02. The maximum Gasteiger partial charge on any atom is 0.293 e. The molecule has 0 atom stereocenters. The van der Waals surface area contributed by atoms with Gasteiger partial charge in [0, 0.05) is 35.8 Å². The van der Waals surface area contributed by atoms with Crippen molar-refractivity contribution >= 4 is 45.8 Å². The van der Waals surface area contributed by atoms with Crippen LogP contribution in [0.2, 0.25) is 0 Å². The van der Waals surface area contributed by atoms with Gasteiger partial charge in [-0.2, -0.15) is 0 Å². The largest absolute Gasteiger partial charge is 0.492 e. The summed E-state index contributed by atoms with van der Waals surface area (Å²) in [5.74, 6) is -0.187. The molecule has 3 amide bonds. The Morgan fingerprint density at radius 2 is 1.73 bits per heavy atom. The molecule has 1 aromatic heterocycles. The van der Waals surface area contributed by atoms with Gasteiger partial charge in [-0.15, -0.1) is 0 Å². The highest BCUT2D eigenvalue weighted by atomic mass is 32.2. The number of ether oxygens (including phenoxy) is 1. The van der Waals surface area contributed by atoms with Crippen LogP contribution in [0, 0.1) is 5.82 Å². The van der Waals surface area contributed by atoms with Crippen LogP contribution in [0.4, 0.5) is 9.18 Å². The van der Waals surface area contributed by atoms with Crippen molar-refractivity contribution in [2.75, 3.05) is 26.2 Å². The Balaban J connectivity index is 1.30. The summed E-state index contributed by atoms with van der Waals surface area (Å²) < 4.78 is 20.5. The number of carbonyl (C=O) groups is 3. The van der Waals surface area contributed by atoms with E-state index >= 15 is 0 Å². The number of benzene rings is 2. The molecule has 0 saturated carbocycles. The van der Waals surface area contributed by atoms with Crippen LogP contribution < -0.4 is 4.74 Å². The van der Waals surface area contributed by atoms with Crippen LogP contribution in [0.3, 0.4) is 0 Å².